The van der Waals surface area contributed by atoms with Gasteiger partial charge in [-0.25, -0.2) is 13.2 Å². The number of aryl methyl sites for hydroxylation is 2. The summed E-state index contributed by atoms with van der Waals surface area (Å²) in [5.74, 6) is -0.547. The molecule has 0 spiro atoms. The van der Waals surface area contributed by atoms with E-state index in [9.17, 15) is 21.6 Å². The van der Waals surface area contributed by atoms with Crippen LogP contribution in [0.2, 0.25) is 0 Å². The second-order valence-electron chi connectivity index (χ2n) is 8.07. The Hall–Kier alpha value is -2.25. The van der Waals surface area contributed by atoms with Gasteiger partial charge >= 0.3 is 5.97 Å². The lowest BCUT2D eigenvalue weighted by atomic mass is 10.0. The molecule has 0 bridgehead atoms. The van der Waals surface area contributed by atoms with Crippen LogP contribution in [0.15, 0.2) is 33.6 Å². The Balaban J connectivity index is 1.51. The van der Waals surface area contributed by atoms with Crippen molar-refractivity contribution < 1.29 is 30.8 Å². The Morgan fingerprint density at radius 3 is 2.12 bits per heavy atom. The first-order chi connectivity index (χ1) is 15.6. The lowest BCUT2D eigenvalue weighted by molar-refractivity contribution is 0.0594. The molecule has 0 amide bonds. The quantitative estimate of drug-likeness (QED) is 0.572. The molecule has 10 nitrogen and oxygen atoms in total. The highest BCUT2D eigenvalue weighted by Crippen LogP contribution is 2.31. The van der Waals surface area contributed by atoms with Crippen molar-refractivity contribution in [1.82, 2.24) is 12.9 Å². The van der Waals surface area contributed by atoms with Crippen molar-refractivity contribution in [3.8, 4) is 0 Å². The maximum Gasteiger partial charge on any atom is 0.342 e. The van der Waals surface area contributed by atoms with E-state index in [1.807, 2.05) is 24.3 Å². The van der Waals surface area contributed by atoms with Crippen LogP contribution in [0.3, 0.4) is 0 Å². The summed E-state index contributed by atoms with van der Waals surface area (Å²) in [6.45, 7) is 3.63. The molecule has 33 heavy (non-hydrogen) atoms. The Labute approximate surface area is 193 Å². The largest absolute Gasteiger partial charge is 0.465 e. The number of furan rings is 1. The number of benzene rings is 1. The molecule has 0 atom stereocenters. The third-order valence-corrected chi connectivity index (χ3v) is 10.2. The van der Waals surface area contributed by atoms with Gasteiger partial charge < -0.3 is 9.15 Å². The van der Waals surface area contributed by atoms with Crippen LogP contribution >= 0.6 is 0 Å². The van der Waals surface area contributed by atoms with Gasteiger partial charge in [0.05, 0.1) is 7.11 Å². The SMILES string of the molecule is COC(=O)c1c(C)oc(C)c1S(=O)(=O)N1CCN(S(=O)(=O)N2CCc3ccccc3C2)CC1. The van der Waals surface area contributed by atoms with E-state index < -0.39 is 26.2 Å². The summed E-state index contributed by atoms with van der Waals surface area (Å²) in [6.07, 6.45) is 0.638. The second kappa shape index (κ2) is 8.84. The van der Waals surface area contributed by atoms with Gasteiger partial charge in [-0.05, 0) is 31.4 Å². The highest BCUT2D eigenvalue weighted by atomic mass is 32.2. The number of ether oxygens (including phenoxy) is 1. The molecule has 0 unspecified atom stereocenters. The van der Waals surface area contributed by atoms with Crippen LogP contribution in [-0.2, 0) is 37.9 Å². The fourth-order valence-corrected chi connectivity index (χ4v) is 7.78. The molecular weight excluding hydrogens is 470 g/mol. The average molecular weight is 498 g/mol. The third kappa shape index (κ3) is 4.21. The van der Waals surface area contributed by atoms with Crippen molar-refractivity contribution in [1.29, 1.82) is 0 Å². The van der Waals surface area contributed by atoms with Crippen LogP contribution in [0.4, 0.5) is 0 Å². The van der Waals surface area contributed by atoms with Crippen LogP contribution in [0.5, 0.6) is 0 Å². The van der Waals surface area contributed by atoms with Crippen molar-refractivity contribution in [3.05, 3.63) is 52.5 Å². The van der Waals surface area contributed by atoms with Crippen molar-refractivity contribution in [2.75, 3.05) is 39.8 Å². The summed E-state index contributed by atoms with van der Waals surface area (Å²) in [7, 11) is -6.66. The average Bonchev–Trinajstić information content (AvgIpc) is 3.12. The molecule has 3 heterocycles. The molecule has 1 aromatic carbocycles. The predicted octanol–water partition coefficient (Wildman–Crippen LogP) is 1.29. The highest BCUT2D eigenvalue weighted by molar-refractivity contribution is 7.89. The fraction of sp³-hybridized carbons (Fsp3) is 0.476. The monoisotopic (exact) mass is 497 g/mol. The van der Waals surface area contributed by atoms with Crippen molar-refractivity contribution in [2.45, 2.75) is 31.7 Å². The molecule has 1 fully saturated rings. The lowest BCUT2D eigenvalue weighted by Crippen LogP contribution is -2.54. The standard InChI is InChI=1S/C21H27N3O7S2/c1-15-19(21(25)30-3)20(16(2)31-15)32(26,27)22-10-12-23(13-11-22)33(28,29)24-9-8-17-6-4-5-7-18(17)14-24/h4-7H,8-14H2,1-3H3. The van der Waals surface area contributed by atoms with E-state index in [1.54, 1.807) is 0 Å². The zero-order valence-electron chi connectivity index (χ0n) is 18.8. The van der Waals surface area contributed by atoms with Gasteiger partial charge in [-0.2, -0.15) is 21.3 Å². The Morgan fingerprint density at radius 1 is 0.879 bits per heavy atom. The molecule has 2 aliphatic heterocycles. The van der Waals surface area contributed by atoms with E-state index >= 15 is 0 Å². The molecular formula is C21H27N3O7S2. The molecule has 180 valence electrons. The molecule has 1 saturated heterocycles. The van der Waals surface area contributed by atoms with E-state index in [1.165, 1.54) is 33.9 Å². The number of fused-ring (bicyclic) bond motifs is 1. The minimum Gasteiger partial charge on any atom is -0.465 e. The fourth-order valence-electron chi connectivity index (χ4n) is 4.41. The summed E-state index contributed by atoms with van der Waals surface area (Å²) in [5, 5.41) is 0. The summed E-state index contributed by atoms with van der Waals surface area (Å²) in [4.78, 5) is 12.0. The number of hydrogen-bond donors (Lipinski definition) is 0. The van der Waals surface area contributed by atoms with Gasteiger partial charge in [0.1, 0.15) is 22.0 Å². The molecule has 2 aromatic rings. The molecule has 0 saturated carbocycles. The Morgan fingerprint density at radius 2 is 1.48 bits per heavy atom. The third-order valence-electron chi connectivity index (χ3n) is 6.14. The van der Waals surface area contributed by atoms with Gasteiger partial charge in [-0.15, -0.1) is 0 Å². The van der Waals surface area contributed by atoms with Crippen LogP contribution in [-0.4, -0.2) is 75.6 Å². The zero-order valence-corrected chi connectivity index (χ0v) is 20.4. The van der Waals surface area contributed by atoms with Crippen molar-refractivity contribution in [3.63, 3.8) is 0 Å². The predicted molar refractivity (Wildman–Crippen MR) is 119 cm³/mol. The van der Waals surface area contributed by atoms with Gasteiger partial charge in [0.2, 0.25) is 10.0 Å². The number of sulfonamides is 1. The van der Waals surface area contributed by atoms with Crippen LogP contribution < -0.4 is 0 Å². The lowest BCUT2D eigenvalue weighted by Gasteiger charge is -2.37. The van der Waals surface area contributed by atoms with Crippen LogP contribution in [0.25, 0.3) is 0 Å². The van der Waals surface area contributed by atoms with Crippen LogP contribution in [0, 0.1) is 13.8 Å². The number of piperazine rings is 1. The molecule has 0 N–H and O–H groups in total. The minimum absolute atomic E-state index is 0.0170. The second-order valence-corrected chi connectivity index (χ2v) is 11.9. The molecule has 1 aromatic heterocycles. The summed E-state index contributed by atoms with van der Waals surface area (Å²) in [5.41, 5.74) is 2.00. The van der Waals surface area contributed by atoms with Gasteiger partial charge in [-0.3, -0.25) is 0 Å². The number of rotatable bonds is 5. The number of esters is 1. The Bertz CT molecular complexity index is 1280. The van der Waals surface area contributed by atoms with Gasteiger partial charge in [0, 0.05) is 39.3 Å². The topological polar surface area (TPSA) is 117 Å². The van der Waals surface area contributed by atoms with E-state index in [0.717, 1.165) is 11.1 Å². The number of carbonyl (C=O) groups excluding carboxylic acids is 1. The molecule has 12 heteroatoms. The van der Waals surface area contributed by atoms with E-state index in [4.69, 9.17) is 9.15 Å². The maximum absolute atomic E-state index is 13.3. The van der Waals surface area contributed by atoms with Crippen molar-refractivity contribution >= 4 is 26.2 Å². The van der Waals surface area contributed by atoms with E-state index in [-0.39, 0.29) is 48.2 Å². The number of carbonyl (C=O) groups is 1. The summed E-state index contributed by atoms with van der Waals surface area (Å²) >= 11 is 0. The molecule has 4 rings (SSSR count). The molecule has 0 radical (unpaired) electrons. The van der Waals surface area contributed by atoms with Crippen LogP contribution in [0.1, 0.15) is 33.0 Å². The molecule has 0 aliphatic carbocycles. The number of hydrogen-bond acceptors (Lipinski definition) is 7. The van der Waals surface area contributed by atoms with E-state index in [0.29, 0.717) is 19.5 Å². The number of methoxy groups -OCH3 is 1. The smallest absolute Gasteiger partial charge is 0.342 e. The van der Waals surface area contributed by atoms with E-state index in [2.05, 4.69) is 0 Å². The summed E-state index contributed by atoms with van der Waals surface area (Å²) < 4.78 is 67.2. The first kappa shape index (κ1) is 23.9. The minimum atomic E-state index is -4.09. The Kier molecular flexibility index (Phi) is 6.40. The van der Waals surface area contributed by atoms with Gasteiger partial charge in [-0.1, -0.05) is 24.3 Å². The summed E-state index contributed by atoms with van der Waals surface area (Å²) in [6, 6.07) is 7.76. The molecule has 2 aliphatic rings. The first-order valence-electron chi connectivity index (χ1n) is 10.6. The zero-order chi connectivity index (χ0) is 24.0. The first-order valence-corrected chi connectivity index (χ1v) is 13.4. The normalized spacial score (nSPS) is 18.8. The van der Waals surface area contributed by atoms with Gasteiger partial charge in [0.25, 0.3) is 10.2 Å². The maximum atomic E-state index is 13.3. The van der Waals surface area contributed by atoms with Gasteiger partial charge in [0.15, 0.2) is 0 Å². The number of nitrogens with zero attached hydrogens (tertiary/aromatic N) is 3. The highest BCUT2D eigenvalue weighted by Gasteiger charge is 2.40. The van der Waals surface area contributed by atoms with Crippen molar-refractivity contribution in [2.24, 2.45) is 0 Å².